The number of Topliss-reactive ketones (excluding diaryl/α,β-unsaturated/α-hetero) is 1. The quantitative estimate of drug-likeness (QED) is 0.834. The Morgan fingerprint density at radius 1 is 1.13 bits per heavy atom. The fourth-order valence-electron chi connectivity index (χ4n) is 5.58. The van der Waals surface area contributed by atoms with Crippen molar-refractivity contribution < 1.29 is 9.59 Å². The predicted molar refractivity (Wildman–Crippen MR) is 91.6 cm³/mol. The summed E-state index contributed by atoms with van der Waals surface area (Å²) in [6.45, 7) is 2.29. The molecule has 1 N–H and O–H groups in total. The molecule has 0 saturated heterocycles. The summed E-state index contributed by atoms with van der Waals surface area (Å²) in [4.78, 5) is 26.2. The van der Waals surface area contributed by atoms with Crippen molar-refractivity contribution in [3.05, 3.63) is 21.9 Å². The fourth-order valence-corrected chi connectivity index (χ4v) is 6.48. The van der Waals surface area contributed by atoms with E-state index in [9.17, 15) is 9.59 Å². The Morgan fingerprint density at radius 3 is 2.26 bits per heavy atom. The molecule has 1 aromatic rings. The summed E-state index contributed by atoms with van der Waals surface area (Å²) in [6, 6.07) is 3.90. The molecule has 0 aliphatic heterocycles. The zero-order valence-corrected chi connectivity index (χ0v) is 14.6. The van der Waals surface area contributed by atoms with Crippen LogP contribution in [0.5, 0.6) is 0 Å². The molecule has 0 aromatic carbocycles. The Kier molecular flexibility index (Phi) is 3.83. The van der Waals surface area contributed by atoms with E-state index in [1.54, 1.807) is 18.3 Å². The lowest BCUT2D eigenvalue weighted by Crippen LogP contribution is -2.53. The second kappa shape index (κ2) is 5.73. The number of thiophene rings is 1. The molecule has 4 bridgehead atoms. The van der Waals surface area contributed by atoms with Gasteiger partial charge in [0.15, 0.2) is 5.78 Å². The summed E-state index contributed by atoms with van der Waals surface area (Å²) in [7, 11) is 0. The normalized spacial score (nSPS) is 34.6. The first-order chi connectivity index (χ1) is 11.0. The zero-order chi connectivity index (χ0) is 16.0. The van der Waals surface area contributed by atoms with Crippen LogP contribution in [-0.4, -0.2) is 18.2 Å². The molecule has 0 radical (unpaired) electrons. The largest absolute Gasteiger partial charge is 0.355 e. The molecule has 0 spiro atoms. The zero-order valence-electron chi connectivity index (χ0n) is 13.8. The first-order valence-electron chi connectivity index (χ1n) is 8.92. The van der Waals surface area contributed by atoms with Crippen molar-refractivity contribution in [2.24, 2.45) is 23.2 Å². The van der Waals surface area contributed by atoms with Gasteiger partial charge in [0.1, 0.15) is 0 Å². The number of carbonyl (C=O) groups is 2. The molecule has 4 aliphatic rings. The highest BCUT2D eigenvalue weighted by atomic mass is 32.1. The lowest BCUT2D eigenvalue weighted by molar-refractivity contribution is -0.146. The van der Waals surface area contributed by atoms with E-state index in [1.165, 1.54) is 24.1 Å². The minimum Gasteiger partial charge on any atom is -0.355 e. The van der Waals surface area contributed by atoms with Gasteiger partial charge in [0, 0.05) is 16.8 Å². The van der Waals surface area contributed by atoms with E-state index in [2.05, 4.69) is 5.32 Å². The maximum Gasteiger partial charge on any atom is 0.226 e. The van der Waals surface area contributed by atoms with Crippen molar-refractivity contribution in [1.29, 1.82) is 0 Å². The van der Waals surface area contributed by atoms with Crippen molar-refractivity contribution in [2.75, 3.05) is 6.54 Å². The monoisotopic (exact) mass is 331 g/mol. The second-order valence-electron chi connectivity index (χ2n) is 8.03. The SMILES string of the molecule is CC(=O)c1ccc(CCNC(=O)C23CC4CC(CC(C4)C2)C3)s1. The van der Waals surface area contributed by atoms with Gasteiger partial charge in [-0.05, 0) is 81.8 Å². The molecular formula is C19H25NO2S. The highest BCUT2D eigenvalue weighted by molar-refractivity contribution is 7.14. The van der Waals surface area contributed by atoms with Crippen molar-refractivity contribution in [1.82, 2.24) is 5.32 Å². The van der Waals surface area contributed by atoms with Crippen LogP contribution in [0.15, 0.2) is 12.1 Å². The third kappa shape index (κ3) is 2.86. The Balaban J connectivity index is 1.34. The van der Waals surface area contributed by atoms with Gasteiger partial charge >= 0.3 is 0 Å². The van der Waals surface area contributed by atoms with Crippen LogP contribution in [0.4, 0.5) is 0 Å². The smallest absolute Gasteiger partial charge is 0.226 e. The number of rotatable bonds is 5. The molecule has 1 amide bonds. The van der Waals surface area contributed by atoms with E-state index < -0.39 is 0 Å². The van der Waals surface area contributed by atoms with Gasteiger partial charge in [-0.2, -0.15) is 0 Å². The third-order valence-corrected chi connectivity index (χ3v) is 7.43. The maximum atomic E-state index is 12.8. The van der Waals surface area contributed by atoms with Crippen molar-refractivity contribution >= 4 is 23.0 Å². The van der Waals surface area contributed by atoms with Crippen LogP contribution in [0.3, 0.4) is 0 Å². The van der Waals surface area contributed by atoms with Gasteiger partial charge in [0.2, 0.25) is 5.91 Å². The summed E-state index contributed by atoms with van der Waals surface area (Å²) in [5.41, 5.74) is -0.0469. The lowest BCUT2D eigenvalue weighted by atomic mass is 9.49. The summed E-state index contributed by atoms with van der Waals surface area (Å²) in [5, 5.41) is 3.21. The van der Waals surface area contributed by atoms with Crippen LogP contribution in [0, 0.1) is 23.2 Å². The average Bonchev–Trinajstić information content (AvgIpc) is 2.95. The number of carbonyl (C=O) groups excluding carboxylic acids is 2. The first kappa shape index (κ1) is 15.4. The Bertz CT molecular complexity index is 598. The van der Waals surface area contributed by atoms with E-state index in [0.717, 1.165) is 48.3 Å². The van der Waals surface area contributed by atoms with Crippen LogP contribution >= 0.6 is 11.3 Å². The van der Waals surface area contributed by atoms with Crippen LogP contribution in [0.1, 0.15) is 60.0 Å². The highest BCUT2D eigenvalue weighted by Gasteiger charge is 2.54. The molecule has 4 saturated carbocycles. The van der Waals surface area contributed by atoms with Crippen molar-refractivity contribution in [3.63, 3.8) is 0 Å². The second-order valence-corrected chi connectivity index (χ2v) is 9.19. The van der Waals surface area contributed by atoms with Gasteiger partial charge in [-0.1, -0.05) is 0 Å². The van der Waals surface area contributed by atoms with Gasteiger partial charge in [-0.15, -0.1) is 11.3 Å². The first-order valence-corrected chi connectivity index (χ1v) is 9.74. The minimum absolute atomic E-state index is 0.0469. The van der Waals surface area contributed by atoms with Gasteiger partial charge in [0.25, 0.3) is 0 Å². The molecule has 0 atom stereocenters. The van der Waals surface area contributed by atoms with Crippen molar-refractivity contribution in [2.45, 2.75) is 51.9 Å². The van der Waals surface area contributed by atoms with E-state index in [0.29, 0.717) is 12.5 Å². The molecule has 1 aromatic heterocycles. The summed E-state index contributed by atoms with van der Waals surface area (Å²) in [6.07, 6.45) is 8.31. The highest BCUT2D eigenvalue weighted by Crippen LogP contribution is 2.60. The van der Waals surface area contributed by atoms with Crippen LogP contribution < -0.4 is 5.32 Å². The molecule has 1 heterocycles. The fraction of sp³-hybridized carbons (Fsp3) is 0.684. The lowest BCUT2D eigenvalue weighted by Gasteiger charge is -2.55. The molecule has 23 heavy (non-hydrogen) atoms. The van der Waals surface area contributed by atoms with E-state index in [4.69, 9.17) is 0 Å². The predicted octanol–water partition coefficient (Wildman–Crippen LogP) is 3.83. The Labute approximate surface area is 141 Å². The Morgan fingerprint density at radius 2 is 1.74 bits per heavy atom. The van der Waals surface area contributed by atoms with Gasteiger partial charge in [-0.25, -0.2) is 0 Å². The van der Waals surface area contributed by atoms with E-state index in [1.807, 2.05) is 12.1 Å². The molecule has 4 fully saturated rings. The van der Waals surface area contributed by atoms with Crippen LogP contribution in [0.25, 0.3) is 0 Å². The molecule has 0 unspecified atom stereocenters. The number of amides is 1. The van der Waals surface area contributed by atoms with Crippen molar-refractivity contribution in [3.8, 4) is 0 Å². The maximum absolute atomic E-state index is 12.8. The standard InChI is InChI=1S/C19H25NO2S/c1-12(21)17-3-2-16(23-17)4-5-20-18(22)19-9-13-6-14(10-19)8-15(7-13)11-19/h2-3,13-15H,4-11H2,1H3,(H,20,22). The number of hydrogen-bond acceptors (Lipinski definition) is 3. The molecule has 4 aliphatic carbocycles. The molecule has 4 heteroatoms. The van der Waals surface area contributed by atoms with Crippen LogP contribution in [0.2, 0.25) is 0 Å². The van der Waals surface area contributed by atoms with Gasteiger partial charge in [0.05, 0.1) is 4.88 Å². The van der Waals surface area contributed by atoms with E-state index >= 15 is 0 Å². The summed E-state index contributed by atoms with van der Waals surface area (Å²) >= 11 is 1.55. The van der Waals surface area contributed by atoms with Gasteiger partial charge < -0.3 is 5.32 Å². The minimum atomic E-state index is -0.0469. The van der Waals surface area contributed by atoms with Crippen LogP contribution in [-0.2, 0) is 11.2 Å². The Hall–Kier alpha value is -1.16. The number of nitrogens with one attached hydrogen (secondary N) is 1. The molecular weight excluding hydrogens is 306 g/mol. The molecule has 5 rings (SSSR count). The summed E-state index contributed by atoms with van der Waals surface area (Å²) < 4.78 is 0. The number of ketones is 1. The number of hydrogen-bond donors (Lipinski definition) is 1. The average molecular weight is 331 g/mol. The van der Waals surface area contributed by atoms with E-state index in [-0.39, 0.29) is 11.2 Å². The van der Waals surface area contributed by atoms with Gasteiger partial charge in [-0.3, -0.25) is 9.59 Å². The third-order valence-electron chi connectivity index (χ3n) is 6.19. The topological polar surface area (TPSA) is 46.2 Å². The summed E-state index contributed by atoms with van der Waals surface area (Å²) in [5.74, 6) is 2.85. The molecule has 124 valence electrons. The molecule has 3 nitrogen and oxygen atoms in total.